The van der Waals surface area contributed by atoms with Crippen LogP contribution < -0.4 is 4.72 Å². The summed E-state index contributed by atoms with van der Waals surface area (Å²) in [6.45, 7) is 2.63. The van der Waals surface area contributed by atoms with E-state index in [2.05, 4.69) is 20.8 Å². The Hall–Kier alpha value is -1.86. The zero-order chi connectivity index (χ0) is 19.6. The summed E-state index contributed by atoms with van der Waals surface area (Å²) >= 11 is 6.12. The number of aromatic nitrogens is 1. The minimum atomic E-state index is -3.44. The van der Waals surface area contributed by atoms with Gasteiger partial charge in [0.15, 0.2) is 0 Å². The van der Waals surface area contributed by atoms with Crippen molar-refractivity contribution in [1.29, 1.82) is 0 Å². The second-order valence-electron chi connectivity index (χ2n) is 7.33. The Morgan fingerprint density at radius 2 is 2.00 bits per heavy atom. The molecule has 7 heteroatoms. The number of hydrogen-bond donors (Lipinski definition) is 2. The molecule has 1 unspecified atom stereocenters. The summed E-state index contributed by atoms with van der Waals surface area (Å²) in [4.78, 5) is 5.95. The molecule has 0 saturated carbocycles. The van der Waals surface area contributed by atoms with E-state index in [1.54, 1.807) is 24.3 Å². The topological polar surface area (TPSA) is 65.2 Å². The van der Waals surface area contributed by atoms with E-state index >= 15 is 0 Å². The number of aryl methyl sites for hydroxylation is 1. The highest BCUT2D eigenvalue weighted by atomic mass is 35.5. The zero-order valence-electron chi connectivity index (χ0n) is 15.6. The molecule has 2 heterocycles. The standard InChI is InChI=1S/C21H24ClN3O2S/c22-17-8-9-21-20(13-17)16(14-23-21)5-4-11-25-12-10-18(15-25)24-28(26,27)19-6-2-1-3-7-19/h1-3,6-9,13-14,18,23-24H,4-5,10-12,15H2. The molecule has 0 bridgehead atoms. The van der Waals surface area contributed by atoms with Crippen molar-refractivity contribution in [2.45, 2.75) is 30.2 Å². The Bertz CT molecular complexity index is 1050. The van der Waals surface area contributed by atoms with Crippen LogP contribution in [0.1, 0.15) is 18.4 Å². The second kappa shape index (κ2) is 8.25. The third-order valence-corrected chi connectivity index (χ3v) is 7.07. The average molecular weight is 418 g/mol. The lowest BCUT2D eigenvalue weighted by molar-refractivity contribution is 0.327. The number of fused-ring (bicyclic) bond motifs is 1. The largest absolute Gasteiger partial charge is 0.361 e. The second-order valence-corrected chi connectivity index (χ2v) is 9.48. The average Bonchev–Trinajstić information content (AvgIpc) is 3.29. The number of nitrogens with one attached hydrogen (secondary N) is 2. The van der Waals surface area contributed by atoms with Crippen LogP contribution in [0.3, 0.4) is 0 Å². The first-order valence-electron chi connectivity index (χ1n) is 9.56. The van der Waals surface area contributed by atoms with Crippen molar-refractivity contribution < 1.29 is 8.42 Å². The molecule has 5 nitrogen and oxygen atoms in total. The van der Waals surface area contributed by atoms with E-state index in [9.17, 15) is 8.42 Å². The highest BCUT2D eigenvalue weighted by Gasteiger charge is 2.26. The van der Waals surface area contributed by atoms with Crippen LogP contribution in [-0.4, -0.2) is 44.0 Å². The number of benzene rings is 2. The Kier molecular flexibility index (Phi) is 5.73. The van der Waals surface area contributed by atoms with Gasteiger partial charge in [-0.25, -0.2) is 13.1 Å². The van der Waals surface area contributed by atoms with Gasteiger partial charge in [0, 0.05) is 34.7 Å². The molecule has 0 aliphatic carbocycles. The maximum Gasteiger partial charge on any atom is 0.240 e. The molecule has 3 aromatic rings. The summed E-state index contributed by atoms with van der Waals surface area (Å²) in [5.74, 6) is 0. The van der Waals surface area contributed by atoms with Gasteiger partial charge in [0.05, 0.1) is 4.90 Å². The van der Waals surface area contributed by atoms with Crippen molar-refractivity contribution >= 4 is 32.5 Å². The normalized spacial score (nSPS) is 18.1. The number of likely N-dealkylation sites (tertiary alicyclic amines) is 1. The van der Waals surface area contributed by atoms with Crippen LogP contribution in [0.15, 0.2) is 59.6 Å². The molecular weight excluding hydrogens is 394 g/mol. The van der Waals surface area contributed by atoms with Crippen LogP contribution in [0.5, 0.6) is 0 Å². The minimum Gasteiger partial charge on any atom is -0.361 e. The quantitative estimate of drug-likeness (QED) is 0.614. The fourth-order valence-electron chi connectivity index (χ4n) is 3.87. The molecule has 2 N–H and O–H groups in total. The van der Waals surface area contributed by atoms with Gasteiger partial charge < -0.3 is 9.88 Å². The molecule has 1 saturated heterocycles. The summed E-state index contributed by atoms with van der Waals surface area (Å²) in [6, 6.07) is 14.4. The van der Waals surface area contributed by atoms with E-state index in [-0.39, 0.29) is 6.04 Å². The van der Waals surface area contributed by atoms with E-state index in [1.807, 2.05) is 24.3 Å². The van der Waals surface area contributed by atoms with Crippen LogP contribution in [0.4, 0.5) is 0 Å². The van der Waals surface area contributed by atoms with Gasteiger partial charge in [-0.2, -0.15) is 0 Å². The van der Waals surface area contributed by atoms with Gasteiger partial charge in [-0.05, 0) is 68.2 Å². The fraction of sp³-hybridized carbons (Fsp3) is 0.333. The number of halogens is 1. The van der Waals surface area contributed by atoms with Gasteiger partial charge in [-0.3, -0.25) is 0 Å². The first-order chi connectivity index (χ1) is 13.5. The third kappa shape index (κ3) is 4.41. The predicted octanol–water partition coefficient (Wildman–Crippen LogP) is 3.81. The van der Waals surface area contributed by atoms with Crippen molar-refractivity contribution in [3.8, 4) is 0 Å². The van der Waals surface area contributed by atoms with Crippen LogP contribution >= 0.6 is 11.6 Å². The maximum atomic E-state index is 12.5. The molecule has 1 aliphatic rings. The number of sulfonamides is 1. The predicted molar refractivity (Wildman–Crippen MR) is 113 cm³/mol. The first-order valence-corrected chi connectivity index (χ1v) is 11.4. The Morgan fingerprint density at radius 3 is 2.82 bits per heavy atom. The molecule has 0 spiro atoms. The summed E-state index contributed by atoms with van der Waals surface area (Å²) in [5, 5.41) is 1.93. The van der Waals surface area contributed by atoms with Gasteiger partial charge in [-0.15, -0.1) is 0 Å². The van der Waals surface area contributed by atoms with Crippen LogP contribution in [-0.2, 0) is 16.4 Å². The van der Waals surface area contributed by atoms with E-state index in [4.69, 9.17) is 11.6 Å². The van der Waals surface area contributed by atoms with E-state index in [0.717, 1.165) is 49.4 Å². The lowest BCUT2D eigenvalue weighted by Gasteiger charge is -2.16. The molecule has 1 fully saturated rings. The number of hydrogen-bond acceptors (Lipinski definition) is 3. The van der Waals surface area contributed by atoms with E-state index in [0.29, 0.717) is 4.90 Å². The molecule has 0 radical (unpaired) electrons. The molecule has 1 aliphatic heterocycles. The molecule has 2 aromatic carbocycles. The maximum absolute atomic E-state index is 12.5. The van der Waals surface area contributed by atoms with Crippen molar-refractivity contribution in [3.63, 3.8) is 0 Å². The van der Waals surface area contributed by atoms with Gasteiger partial charge in [0.2, 0.25) is 10.0 Å². The number of H-pyrrole nitrogens is 1. The van der Waals surface area contributed by atoms with Gasteiger partial charge in [0.1, 0.15) is 0 Å². The summed E-state index contributed by atoms with van der Waals surface area (Å²) in [7, 11) is -3.44. The van der Waals surface area contributed by atoms with Crippen LogP contribution in [0.2, 0.25) is 5.02 Å². The van der Waals surface area contributed by atoms with Gasteiger partial charge >= 0.3 is 0 Å². The van der Waals surface area contributed by atoms with Crippen LogP contribution in [0.25, 0.3) is 10.9 Å². The van der Waals surface area contributed by atoms with Crippen molar-refractivity contribution in [2.24, 2.45) is 0 Å². The monoisotopic (exact) mass is 417 g/mol. The molecular formula is C21H24ClN3O2S. The first kappa shape index (κ1) is 19.5. The smallest absolute Gasteiger partial charge is 0.240 e. The molecule has 28 heavy (non-hydrogen) atoms. The molecule has 1 atom stereocenters. The van der Waals surface area contributed by atoms with Gasteiger partial charge in [-0.1, -0.05) is 29.8 Å². The third-order valence-electron chi connectivity index (χ3n) is 5.30. The van der Waals surface area contributed by atoms with E-state index < -0.39 is 10.0 Å². The number of rotatable bonds is 7. The summed E-state index contributed by atoms with van der Waals surface area (Å²) in [6.07, 6.45) is 4.89. The zero-order valence-corrected chi connectivity index (χ0v) is 17.1. The highest BCUT2D eigenvalue weighted by Crippen LogP contribution is 2.23. The highest BCUT2D eigenvalue weighted by molar-refractivity contribution is 7.89. The van der Waals surface area contributed by atoms with E-state index in [1.165, 1.54) is 10.9 Å². The van der Waals surface area contributed by atoms with Crippen molar-refractivity contribution in [2.75, 3.05) is 19.6 Å². The minimum absolute atomic E-state index is 0.0305. The lowest BCUT2D eigenvalue weighted by Crippen LogP contribution is -2.37. The number of aromatic amines is 1. The molecule has 148 valence electrons. The molecule has 4 rings (SSSR count). The Labute approximate surface area is 170 Å². The SMILES string of the molecule is O=S(=O)(NC1CCN(CCCc2c[nH]c3ccc(Cl)cc23)C1)c1ccccc1. The summed E-state index contributed by atoms with van der Waals surface area (Å²) < 4.78 is 27.8. The van der Waals surface area contributed by atoms with Gasteiger partial charge in [0.25, 0.3) is 0 Å². The molecule has 0 amide bonds. The van der Waals surface area contributed by atoms with Crippen molar-refractivity contribution in [3.05, 3.63) is 65.3 Å². The lowest BCUT2D eigenvalue weighted by atomic mass is 10.1. The van der Waals surface area contributed by atoms with Crippen LogP contribution in [0, 0.1) is 0 Å². The summed E-state index contributed by atoms with van der Waals surface area (Å²) in [5.41, 5.74) is 2.38. The fourth-order valence-corrected chi connectivity index (χ4v) is 5.32. The Balaban J connectivity index is 1.29. The molecule has 1 aromatic heterocycles. The number of nitrogens with zero attached hydrogens (tertiary/aromatic N) is 1. The Morgan fingerprint density at radius 1 is 1.18 bits per heavy atom. The van der Waals surface area contributed by atoms with Crippen molar-refractivity contribution in [1.82, 2.24) is 14.6 Å².